The van der Waals surface area contributed by atoms with E-state index in [2.05, 4.69) is 0 Å². The number of methoxy groups -OCH3 is 3. The third-order valence-corrected chi connectivity index (χ3v) is 5.55. The zero-order valence-electron chi connectivity index (χ0n) is 18.6. The molecule has 2 atom stereocenters. The summed E-state index contributed by atoms with van der Waals surface area (Å²) >= 11 is 0. The minimum atomic E-state index is -0.730. The fourth-order valence-electron chi connectivity index (χ4n) is 4.01. The number of halogens is 2. The number of benzene rings is 2. The van der Waals surface area contributed by atoms with Gasteiger partial charge in [0.1, 0.15) is 17.4 Å². The summed E-state index contributed by atoms with van der Waals surface area (Å²) in [5, 5.41) is 0. The lowest BCUT2D eigenvalue weighted by molar-refractivity contribution is 0.0249. The minimum absolute atomic E-state index is 0.0739. The molecule has 7 nitrogen and oxygen atoms in total. The van der Waals surface area contributed by atoms with Gasteiger partial charge in [-0.3, -0.25) is 9.59 Å². The topological polar surface area (TPSA) is 68.3 Å². The van der Waals surface area contributed by atoms with E-state index in [4.69, 9.17) is 14.2 Å². The van der Waals surface area contributed by atoms with Gasteiger partial charge in [-0.25, -0.2) is 8.78 Å². The highest BCUT2D eigenvalue weighted by atomic mass is 19.1. The van der Waals surface area contributed by atoms with Gasteiger partial charge in [-0.15, -0.1) is 0 Å². The van der Waals surface area contributed by atoms with Gasteiger partial charge in [-0.05, 0) is 32.0 Å². The zero-order chi connectivity index (χ0) is 23.6. The molecule has 2 amide bonds. The number of hydrogen-bond acceptors (Lipinski definition) is 5. The smallest absolute Gasteiger partial charge is 0.257 e. The molecule has 3 rings (SSSR count). The van der Waals surface area contributed by atoms with Gasteiger partial charge in [0.25, 0.3) is 11.8 Å². The van der Waals surface area contributed by atoms with Crippen molar-refractivity contribution in [3.63, 3.8) is 0 Å². The van der Waals surface area contributed by atoms with E-state index in [1.807, 2.05) is 0 Å². The average Bonchev–Trinajstić information content (AvgIpc) is 2.77. The first-order valence-electron chi connectivity index (χ1n) is 10.1. The molecule has 0 unspecified atom stereocenters. The SMILES string of the molecule is COc1ccc(C(=O)N2[C@H](C)CN(C(=O)c3cc(OC)c(OC)cc3F)C[C@H]2C)c(F)c1. The van der Waals surface area contributed by atoms with Crippen molar-refractivity contribution in [2.45, 2.75) is 25.9 Å². The molecule has 1 heterocycles. The Kier molecular flexibility index (Phi) is 6.86. The summed E-state index contributed by atoms with van der Waals surface area (Å²) in [4.78, 5) is 29.1. The Hall–Kier alpha value is -3.36. The summed E-state index contributed by atoms with van der Waals surface area (Å²) in [5.41, 5.74) is -0.224. The molecule has 0 N–H and O–H groups in total. The van der Waals surface area contributed by atoms with Crippen LogP contribution in [0.15, 0.2) is 30.3 Å². The minimum Gasteiger partial charge on any atom is -0.497 e. The first-order chi connectivity index (χ1) is 15.2. The Morgan fingerprint density at radius 2 is 1.38 bits per heavy atom. The van der Waals surface area contributed by atoms with E-state index >= 15 is 0 Å². The molecule has 0 radical (unpaired) electrons. The maximum Gasteiger partial charge on any atom is 0.257 e. The average molecular weight is 448 g/mol. The van der Waals surface area contributed by atoms with E-state index in [0.29, 0.717) is 5.75 Å². The number of ether oxygens (including phenoxy) is 3. The van der Waals surface area contributed by atoms with Crippen molar-refractivity contribution in [3.8, 4) is 17.2 Å². The highest BCUT2D eigenvalue weighted by Crippen LogP contribution is 2.31. The Morgan fingerprint density at radius 3 is 1.91 bits per heavy atom. The summed E-state index contributed by atoms with van der Waals surface area (Å²) in [6.07, 6.45) is 0. The van der Waals surface area contributed by atoms with Gasteiger partial charge < -0.3 is 24.0 Å². The van der Waals surface area contributed by atoms with Crippen LogP contribution in [0.25, 0.3) is 0 Å². The predicted molar refractivity (Wildman–Crippen MR) is 113 cm³/mol. The number of carbonyl (C=O) groups is 2. The summed E-state index contributed by atoms with van der Waals surface area (Å²) < 4.78 is 44.3. The van der Waals surface area contributed by atoms with Crippen LogP contribution in [0.3, 0.4) is 0 Å². The number of nitrogens with zero attached hydrogens (tertiary/aromatic N) is 2. The van der Waals surface area contributed by atoms with E-state index in [1.54, 1.807) is 18.7 Å². The van der Waals surface area contributed by atoms with Crippen molar-refractivity contribution in [2.75, 3.05) is 34.4 Å². The Bertz CT molecular complexity index is 1020. The molecule has 2 aromatic rings. The Morgan fingerprint density at radius 1 is 0.812 bits per heavy atom. The van der Waals surface area contributed by atoms with E-state index in [-0.39, 0.29) is 35.7 Å². The summed E-state index contributed by atoms with van der Waals surface area (Å²) in [7, 11) is 4.19. The van der Waals surface area contributed by atoms with Gasteiger partial charge in [0.15, 0.2) is 11.5 Å². The molecule has 1 saturated heterocycles. The summed E-state index contributed by atoms with van der Waals surface area (Å²) in [6.45, 7) is 3.86. The van der Waals surface area contributed by atoms with Crippen LogP contribution in [0.2, 0.25) is 0 Å². The number of carbonyl (C=O) groups excluding carboxylic acids is 2. The summed E-state index contributed by atoms with van der Waals surface area (Å²) in [6, 6.07) is 5.63. The maximum atomic E-state index is 14.6. The van der Waals surface area contributed by atoms with Crippen LogP contribution in [-0.4, -0.2) is 68.1 Å². The monoisotopic (exact) mass is 448 g/mol. The van der Waals surface area contributed by atoms with Gasteiger partial charge in [0, 0.05) is 37.3 Å². The van der Waals surface area contributed by atoms with Crippen LogP contribution in [0.5, 0.6) is 17.2 Å². The quantitative estimate of drug-likeness (QED) is 0.702. The molecule has 9 heteroatoms. The Labute approximate surface area is 185 Å². The van der Waals surface area contributed by atoms with Gasteiger partial charge >= 0.3 is 0 Å². The molecule has 2 aromatic carbocycles. The molecule has 172 valence electrons. The van der Waals surface area contributed by atoms with Crippen molar-refractivity contribution in [3.05, 3.63) is 53.1 Å². The molecule has 0 aromatic heterocycles. The normalized spacial score (nSPS) is 18.3. The first-order valence-corrected chi connectivity index (χ1v) is 10.1. The van der Waals surface area contributed by atoms with Gasteiger partial charge in [0.05, 0.1) is 32.5 Å². The van der Waals surface area contributed by atoms with E-state index < -0.39 is 35.5 Å². The Balaban J connectivity index is 1.82. The van der Waals surface area contributed by atoms with Crippen molar-refractivity contribution in [1.82, 2.24) is 9.80 Å². The fraction of sp³-hybridized carbons (Fsp3) is 0.391. The van der Waals surface area contributed by atoms with E-state index in [9.17, 15) is 18.4 Å². The second kappa shape index (κ2) is 9.42. The third kappa shape index (κ3) is 4.32. The van der Waals surface area contributed by atoms with Crippen LogP contribution < -0.4 is 14.2 Å². The zero-order valence-corrected chi connectivity index (χ0v) is 18.6. The molecule has 1 aliphatic heterocycles. The van der Waals surface area contributed by atoms with Crippen molar-refractivity contribution in [1.29, 1.82) is 0 Å². The standard InChI is InChI=1S/C23H26F2N2O5/c1-13-11-26(22(28)17-9-20(31-4)21(32-5)10-19(17)25)12-14(2)27(13)23(29)16-7-6-15(30-3)8-18(16)24/h6-10,13-14H,11-12H2,1-5H3/t13-,14-/m1/s1. The second-order valence-corrected chi connectivity index (χ2v) is 7.65. The molecule has 0 spiro atoms. The van der Waals surface area contributed by atoms with Crippen LogP contribution in [0.1, 0.15) is 34.6 Å². The lowest BCUT2D eigenvalue weighted by atomic mass is 10.0. The molecule has 1 aliphatic rings. The first kappa shape index (κ1) is 23.3. The highest BCUT2D eigenvalue weighted by Gasteiger charge is 2.37. The molecule has 0 saturated carbocycles. The molecular formula is C23H26F2N2O5. The van der Waals surface area contributed by atoms with Crippen LogP contribution in [-0.2, 0) is 0 Å². The predicted octanol–water partition coefficient (Wildman–Crippen LogP) is 3.37. The lowest BCUT2D eigenvalue weighted by Crippen LogP contribution is -2.60. The van der Waals surface area contributed by atoms with E-state index in [1.165, 1.54) is 44.4 Å². The van der Waals surface area contributed by atoms with Crippen molar-refractivity contribution < 1.29 is 32.6 Å². The molecule has 0 aliphatic carbocycles. The number of rotatable bonds is 5. The molecule has 32 heavy (non-hydrogen) atoms. The summed E-state index contributed by atoms with van der Waals surface area (Å²) in [5.74, 6) is -1.68. The maximum absolute atomic E-state index is 14.6. The third-order valence-electron chi connectivity index (χ3n) is 5.55. The van der Waals surface area contributed by atoms with Crippen LogP contribution in [0.4, 0.5) is 8.78 Å². The highest BCUT2D eigenvalue weighted by molar-refractivity contribution is 5.97. The second-order valence-electron chi connectivity index (χ2n) is 7.65. The number of hydrogen-bond donors (Lipinski definition) is 0. The van der Waals surface area contributed by atoms with Gasteiger partial charge in [-0.1, -0.05) is 0 Å². The van der Waals surface area contributed by atoms with Gasteiger partial charge in [0.2, 0.25) is 0 Å². The number of piperazine rings is 1. The number of amides is 2. The van der Waals surface area contributed by atoms with Crippen LogP contribution >= 0.6 is 0 Å². The molecule has 1 fully saturated rings. The molecular weight excluding hydrogens is 422 g/mol. The fourth-order valence-corrected chi connectivity index (χ4v) is 4.01. The van der Waals surface area contributed by atoms with Crippen molar-refractivity contribution in [2.24, 2.45) is 0 Å². The van der Waals surface area contributed by atoms with E-state index in [0.717, 1.165) is 12.1 Å². The van der Waals surface area contributed by atoms with Crippen LogP contribution in [0, 0.1) is 11.6 Å². The largest absolute Gasteiger partial charge is 0.497 e. The van der Waals surface area contributed by atoms with Crippen molar-refractivity contribution >= 4 is 11.8 Å². The molecule has 0 bridgehead atoms. The lowest BCUT2D eigenvalue weighted by Gasteiger charge is -2.44. The van der Waals surface area contributed by atoms with Gasteiger partial charge in [-0.2, -0.15) is 0 Å².